The van der Waals surface area contributed by atoms with Gasteiger partial charge in [0.2, 0.25) is 10.0 Å². The maximum Gasteiger partial charge on any atom is 0.240 e. The Morgan fingerprint density at radius 3 is 2.50 bits per heavy atom. The van der Waals surface area contributed by atoms with Crippen LogP contribution in [0.15, 0.2) is 23.1 Å². The summed E-state index contributed by atoms with van der Waals surface area (Å²) in [5.74, 6) is 0.890. The highest BCUT2D eigenvalue weighted by Crippen LogP contribution is 2.29. The van der Waals surface area contributed by atoms with Gasteiger partial charge in [0.15, 0.2) is 0 Å². The van der Waals surface area contributed by atoms with Gasteiger partial charge in [0.25, 0.3) is 0 Å². The summed E-state index contributed by atoms with van der Waals surface area (Å²) in [6.07, 6.45) is 1.29. The molecule has 5 nitrogen and oxygen atoms in total. The molecule has 126 valence electrons. The molecule has 0 aliphatic heterocycles. The first-order valence-corrected chi connectivity index (χ1v) is 9.20. The molecule has 0 aromatic heterocycles. The Bertz CT molecular complexity index is 568. The molecule has 22 heavy (non-hydrogen) atoms. The summed E-state index contributed by atoms with van der Waals surface area (Å²) in [6, 6.07) is 4.90. The van der Waals surface area contributed by atoms with Crippen LogP contribution in [0.2, 0.25) is 0 Å². The summed E-state index contributed by atoms with van der Waals surface area (Å²) in [5.41, 5.74) is 0.871. The summed E-state index contributed by atoms with van der Waals surface area (Å²) >= 11 is 0. The fraction of sp³-hybridized carbons (Fsp3) is 0.625. The molecule has 0 aliphatic carbocycles. The maximum atomic E-state index is 12.2. The molecule has 1 aromatic rings. The highest BCUT2D eigenvalue weighted by atomic mass is 32.2. The normalized spacial score (nSPS) is 13.4. The van der Waals surface area contributed by atoms with Crippen molar-refractivity contribution in [2.24, 2.45) is 0 Å². The predicted octanol–water partition coefficient (Wildman–Crippen LogP) is 2.65. The van der Waals surface area contributed by atoms with E-state index in [9.17, 15) is 13.5 Å². The molecule has 0 fully saturated rings. The van der Waals surface area contributed by atoms with E-state index >= 15 is 0 Å². The topological polar surface area (TPSA) is 75.6 Å². The molecule has 0 bridgehead atoms. The van der Waals surface area contributed by atoms with Gasteiger partial charge in [0, 0.05) is 6.54 Å². The first-order valence-electron chi connectivity index (χ1n) is 7.72. The van der Waals surface area contributed by atoms with Crippen LogP contribution in [-0.2, 0) is 10.0 Å². The lowest BCUT2D eigenvalue weighted by Crippen LogP contribution is -2.30. The monoisotopic (exact) mass is 329 g/mol. The minimum atomic E-state index is -3.62. The lowest BCUT2D eigenvalue weighted by molar-refractivity contribution is 0.198. The van der Waals surface area contributed by atoms with Crippen LogP contribution in [0.5, 0.6) is 5.75 Å². The standard InChI is InChI=1S/C16H27NO4S/c1-5-6-9-21-16-8-7-14(10-15(16)12(2)3)22(19,20)17-11-13(4)18/h7-8,10,12-13,17-18H,5-6,9,11H2,1-4H3/t13-/m1/s1. The zero-order chi connectivity index (χ0) is 16.8. The smallest absolute Gasteiger partial charge is 0.240 e. The fourth-order valence-electron chi connectivity index (χ4n) is 1.92. The molecule has 0 spiro atoms. The van der Waals surface area contributed by atoms with Crippen LogP contribution in [-0.4, -0.2) is 32.8 Å². The highest BCUT2D eigenvalue weighted by molar-refractivity contribution is 7.89. The number of rotatable bonds is 9. The highest BCUT2D eigenvalue weighted by Gasteiger charge is 2.18. The van der Waals surface area contributed by atoms with Crippen LogP contribution in [0.25, 0.3) is 0 Å². The molecule has 1 aromatic carbocycles. The van der Waals surface area contributed by atoms with Crippen molar-refractivity contribution in [1.82, 2.24) is 4.72 Å². The van der Waals surface area contributed by atoms with Crippen molar-refractivity contribution in [3.8, 4) is 5.75 Å². The molecule has 0 saturated carbocycles. The molecule has 1 rings (SSSR count). The Morgan fingerprint density at radius 1 is 1.27 bits per heavy atom. The van der Waals surface area contributed by atoms with Crippen molar-refractivity contribution in [3.63, 3.8) is 0 Å². The largest absolute Gasteiger partial charge is 0.493 e. The summed E-state index contributed by atoms with van der Waals surface area (Å²) in [5, 5.41) is 9.22. The Kier molecular flexibility index (Phi) is 7.32. The third-order valence-electron chi connectivity index (χ3n) is 3.24. The molecule has 0 amide bonds. The third kappa shape index (κ3) is 5.59. The van der Waals surface area contributed by atoms with Crippen LogP contribution in [0.4, 0.5) is 0 Å². The maximum absolute atomic E-state index is 12.2. The van der Waals surface area contributed by atoms with E-state index in [0.717, 1.165) is 24.2 Å². The molecule has 0 saturated heterocycles. The molecule has 0 aliphatic rings. The number of ether oxygens (including phenoxy) is 1. The lowest BCUT2D eigenvalue weighted by Gasteiger charge is -2.16. The van der Waals surface area contributed by atoms with Crippen molar-refractivity contribution in [2.45, 2.75) is 57.5 Å². The van der Waals surface area contributed by atoms with Crippen LogP contribution >= 0.6 is 0 Å². The van der Waals surface area contributed by atoms with Crippen molar-refractivity contribution < 1.29 is 18.3 Å². The van der Waals surface area contributed by atoms with Crippen LogP contribution in [0.3, 0.4) is 0 Å². The zero-order valence-corrected chi connectivity index (χ0v) is 14.6. The first kappa shape index (κ1) is 18.9. The third-order valence-corrected chi connectivity index (χ3v) is 4.66. The van der Waals surface area contributed by atoms with Gasteiger partial charge >= 0.3 is 0 Å². The Balaban J connectivity index is 3.01. The summed E-state index contributed by atoms with van der Waals surface area (Å²) < 4.78 is 32.6. The summed E-state index contributed by atoms with van der Waals surface area (Å²) in [6.45, 7) is 8.25. The van der Waals surface area contributed by atoms with Crippen molar-refractivity contribution in [3.05, 3.63) is 23.8 Å². The van der Waals surface area contributed by atoms with E-state index in [0.29, 0.717) is 6.61 Å². The molecule has 2 N–H and O–H groups in total. The van der Waals surface area contributed by atoms with E-state index in [1.165, 1.54) is 13.0 Å². The van der Waals surface area contributed by atoms with Crippen LogP contribution < -0.4 is 9.46 Å². The number of hydrogen-bond acceptors (Lipinski definition) is 4. The number of aliphatic hydroxyl groups excluding tert-OH is 1. The number of hydrogen-bond donors (Lipinski definition) is 2. The van der Waals surface area contributed by atoms with Gasteiger partial charge in [-0.25, -0.2) is 13.1 Å². The second-order valence-electron chi connectivity index (χ2n) is 5.76. The van der Waals surface area contributed by atoms with Gasteiger partial charge in [0.05, 0.1) is 17.6 Å². The molecule has 1 atom stereocenters. The Morgan fingerprint density at radius 2 is 1.95 bits per heavy atom. The average molecular weight is 329 g/mol. The molecule has 0 unspecified atom stereocenters. The van der Waals surface area contributed by atoms with Gasteiger partial charge in [-0.15, -0.1) is 0 Å². The van der Waals surface area contributed by atoms with Crippen molar-refractivity contribution in [2.75, 3.05) is 13.2 Å². The first-order chi connectivity index (χ1) is 10.3. The van der Waals surface area contributed by atoms with Crippen LogP contribution in [0, 0.1) is 0 Å². The van der Waals surface area contributed by atoms with E-state index in [4.69, 9.17) is 4.74 Å². The van der Waals surface area contributed by atoms with Gasteiger partial charge in [-0.2, -0.15) is 0 Å². The number of benzene rings is 1. The summed E-state index contributed by atoms with van der Waals surface area (Å²) in [7, 11) is -3.62. The molecular formula is C16H27NO4S. The number of unbranched alkanes of at least 4 members (excludes halogenated alkanes) is 1. The second-order valence-corrected chi connectivity index (χ2v) is 7.52. The van der Waals surface area contributed by atoms with E-state index in [2.05, 4.69) is 11.6 Å². The minimum Gasteiger partial charge on any atom is -0.493 e. The fourth-order valence-corrected chi connectivity index (χ4v) is 3.07. The quantitative estimate of drug-likeness (QED) is 0.683. The summed E-state index contributed by atoms with van der Waals surface area (Å²) in [4.78, 5) is 0.194. The number of nitrogens with one attached hydrogen (secondary N) is 1. The van der Waals surface area contributed by atoms with Gasteiger partial charge in [-0.1, -0.05) is 27.2 Å². The predicted molar refractivity (Wildman–Crippen MR) is 87.8 cm³/mol. The average Bonchev–Trinajstić information content (AvgIpc) is 2.45. The minimum absolute atomic E-state index is 0.00586. The van der Waals surface area contributed by atoms with Crippen molar-refractivity contribution in [1.29, 1.82) is 0 Å². The van der Waals surface area contributed by atoms with E-state index in [1.54, 1.807) is 12.1 Å². The number of aliphatic hydroxyl groups is 1. The van der Waals surface area contributed by atoms with Gasteiger partial charge < -0.3 is 9.84 Å². The van der Waals surface area contributed by atoms with Gasteiger partial charge in [-0.3, -0.25) is 0 Å². The Labute approximate surface area is 133 Å². The van der Waals surface area contributed by atoms with Crippen molar-refractivity contribution >= 4 is 10.0 Å². The van der Waals surface area contributed by atoms with E-state index in [1.807, 2.05) is 13.8 Å². The SMILES string of the molecule is CCCCOc1ccc(S(=O)(=O)NC[C@@H](C)O)cc1C(C)C. The van der Waals surface area contributed by atoms with Gasteiger partial charge in [-0.05, 0) is 43.0 Å². The second kappa shape index (κ2) is 8.50. The van der Waals surface area contributed by atoms with E-state index < -0.39 is 16.1 Å². The zero-order valence-electron chi connectivity index (χ0n) is 13.8. The molecule has 0 radical (unpaired) electrons. The molecule has 0 heterocycles. The molecule has 6 heteroatoms. The van der Waals surface area contributed by atoms with Crippen LogP contribution in [0.1, 0.15) is 52.0 Å². The lowest BCUT2D eigenvalue weighted by atomic mass is 10.0. The Hall–Kier alpha value is -1.11. The van der Waals surface area contributed by atoms with E-state index in [-0.39, 0.29) is 17.4 Å². The van der Waals surface area contributed by atoms with Gasteiger partial charge in [0.1, 0.15) is 5.75 Å². The number of sulfonamides is 1. The molecular weight excluding hydrogens is 302 g/mol.